The van der Waals surface area contributed by atoms with Crippen LogP contribution in [0.15, 0.2) is 0 Å². The van der Waals surface area contributed by atoms with E-state index in [4.69, 9.17) is 5.11 Å². The molecule has 2 nitrogen and oxygen atoms in total. The Morgan fingerprint density at radius 3 is 2.64 bits per heavy atom. The molecule has 0 aliphatic rings. The third kappa shape index (κ3) is 7.85. The fraction of sp³-hybridized carbons (Fsp3) is 0.875. The molecule has 3 heteroatoms. The number of halogens is 1. The quantitative estimate of drug-likeness (QED) is 0.555. The van der Waals surface area contributed by atoms with Crippen molar-refractivity contribution in [3.8, 4) is 0 Å². The van der Waals surface area contributed by atoms with Gasteiger partial charge in [0.1, 0.15) is 0 Å². The van der Waals surface area contributed by atoms with Gasteiger partial charge in [-0.3, -0.25) is 4.79 Å². The van der Waals surface area contributed by atoms with Crippen molar-refractivity contribution in [3.63, 3.8) is 0 Å². The van der Waals surface area contributed by atoms with Crippen molar-refractivity contribution in [1.29, 1.82) is 0 Å². The van der Waals surface area contributed by atoms with E-state index in [-0.39, 0.29) is 0 Å². The average molecular weight is 223 g/mol. The van der Waals surface area contributed by atoms with Crippen molar-refractivity contribution in [2.24, 2.45) is 5.92 Å². The summed E-state index contributed by atoms with van der Waals surface area (Å²) in [6.45, 7) is 2.16. The first kappa shape index (κ1) is 11.0. The first-order valence-corrected chi connectivity index (χ1v) is 5.06. The Labute approximate surface area is 76.1 Å². The zero-order valence-electron chi connectivity index (χ0n) is 6.85. The van der Waals surface area contributed by atoms with E-state index in [0.29, 0.717) is 12.3 Å². The number of carbonyl (C=O) groups is 1. The van der Waals surface area contributed by atoms with Crippen LogP contribution in [-0.4, -0.2) is 16.4 Å². The van der Waals surface area contributed by atoms with Gasteiger partial charge >= 0.3 is 5.97 Å². The van der Waals surface area contributed by atoms with Gasteiger partial charge in [0.15, 0.2) is 0 Å². The lowest BCUT2D eigenvalue weighted by atomic mass is 10.1. The van der Waals surface area contributed by atoms with Crippen molar-refractivity contribution >= 4 is 21.9 Å². The van der Waals surface area contributed by atoms with E-state index < -0.39 is 5.97 Å². The zero-order chi connectivity index (χ0) is 8.69. The molecule has 0 aliphatic carbocycles. The summed E-state index contributed by atoms with van der Waals surface area (Å²) in [6, 6.07) is 0. The van der Waals surface area contributed by atoms with Crippen molar-refractivity contribution in [2.45, 2.75) is 32.6 Å². The molecule has 0 radical (unpaired) electrons. The van der Waals surface area contributed by atoms with Crippen molar-refractivity contribution < 1.29 is 9.90 Å². The second-order valence-electron chi connectivity index (χ2n) is 2.90. The predicted octanol–water partition coefficient (Wildman–Crippen LogP) is 2.66. The maximum absolute atomic E-state index is 10.1. The normalized spacial score (nSPS) is 12.9. The molecular formula is C8H15BrO2. The molecule has 11 heavy (non-hydrogen) atoms. The summed E-state index contributed by atoms with van der Waals surface area (Å²) in [5, 5.41) is 9.34. The Kier molecular flexibility index (Phi) is 6.62. The zero-order valence-corrected chi connectivity index (χ0v) is 8.43. The van der Waals surface area contributed by atoms with Crippen LogP contribution >= 0.6 is 15.9 Å². The van der Waals surface area contributed by atoms with Crippen LogP contribution in [0, 0.1) is 5.92 Å². The minimum absolute atomic E-state index is 0.314. The number of carboxylic acid groups (broad SMARTS) is 1. The molecule has 1 unspecified atom stereocenters. The minimum Gasteiger partial charge on any atom is -0.481 e. The molecule has 0 spiro atoms. The molecule has 0 heterocycles. The second kappa shape index (κ2) is 6.65. The van der Waals surface area contributed by atoms with E-state index in [1.807, 2.05) is 0 Å². The van der Waals surface area contributed by atoms with E-state index in [1.165, 1.54) is 0 Å². The Bertz CT molecular complexity index is 115. The molecule has 0 rings (SSSR count). The summed E-state index contributed by atoms with van der Waals surface area (Å²) in [6.07, 6.45) is 3.28. The van der Waals surface area contributed by atoms with Gasteiger partial charge in [0.2, 0.25) is 0 Å². The summed E-state index contributed by atoms with van der Waals surface area (Å²) in [4.78, 5) is 10.1. The van der Waals surface area contributed by atoms with Crippen LogP contribution < -0.4 is 0 Å². The number of carboxylic acids is 1. The van der Waals surface area contributed by atoms with Crippen molar-refractivity contribution in [1.82, 2.24) is 0 Å². The third-order valence-corrected chi connectivity index (χ3v) is 2.71. The Morgan fingerprint density at radius 2 is 2.18 bits per heavy atom. The van der Waals surface area contributed by atoms with Crippen LogP contribution in [0.3, 0.4) is 0 Å². The van der Waals surface area contributed by atoms with Crippen molar-refractivity contribution in [3.05, 3.63) is 0 Å². The van der Waals surface area contributed by atoms with Gasteiger partial charge in [-0.15, -0.1) is 0 Å². The maximum atomic E-state index is 10.1. The predicted molar refractivity (Wildman–Crippen MR) is 49.1 cm³/mol. The molecule has 1 N–H and O–H groups in total. The molecule has 0 aromatic heterocycles. The third-order valence-electron chi connectivity index (χ3n) is 1.60. The molecule has 0 saturated carbocycles. The lowest BCUT2D eigenvalue weighted by molar-refractivity contribution is -0.137. The Balaban J connectivity index is 3.08. The van der Waals surface area contributed by atoms with Crippen molar-refractivity contribution in [2.75, 3.05) is 5.33 Å². The molecule has 0 bridgehead atoms. The maximum Gasteiger partial charge on any atom is 0.303 e. The molecule has 0 aromatic carbocycles. The largest absolute Gasteiger partial charge is 0.481 e. The van der Waals surface area contributed by atoms with E-state index in [1.54, 1.807) is 0 Å². The van der Waals surface area contributed by atoms with Crippen LogP contribution in [-0.2, 0) is 4.79 Å². The number of rotatable bonds is 6. The Hall–Kier alpha value is -0.0500. The van der Waals surface area contributed by atoms with E-state index in [9.17, 15) is 4.79 Å². The lowest BCUT2D eigenvalue weighted by Crippen LogP contribution is -1.98. The van der Waals surface area contributed by atoms with Gasteiger partial charge in [-0.2, -0.15) is 0 Å². The molecule has 0 saturated heterocycles. The minimum atomic E-state index is -0.684. The molecule has 0 amide bonds. The fourth-order valence-electron chi connectivity index (χ4n) is 0.846. The van der Waals surface area contributed by atoms with Crippen LogP contribution in [0.1, 0.15) is 32.6 Å². The highest BCUT2D eigenvalue weighted by atomic mass is 79.9. The van der Waals surface area contributed by atoms with Gasteiger partial charge in [0.25, 0.3) is 0 Å². The van der Waals surface area contributed by atoms with Gasteiger partial charge in [0.05, 0.1) is 0 Å². The monoisotopic (exact) mass is 222 g/mol. The van der Waals surface area contributed by atoms with Crippen LogP contribution in [0.2, 0.25) is 0 Å². The van der Waals surface area contributed by atoms with E-state index in [2.05, 4.69) is 22.9 Å². The summed E-state index contributed by atoms with van der Waals surface area (Å²) in [5.41, 5.74) is 0. The van der Waals surface area contributed by atoms with Gasteiger partial charge in [0, 0.05) is 11.8 Å². The summed E-state index contributed by atoms with van der Waals surface area (Å²) >= 11 is 3.38. The number of aliphatic carboxylic acids is 1. The van der Waals surface area contributed by atoms with Crippen LogP contribution in [0.25, 0.3) is 0 Å². The molecule has 0 aliphatic heterocycles. The van der Waals surface area contributed by atoms with Crippen LogP contribution in [0.5, 0.6) is 0 Å². The van der Waals surface area contributed by atoms with Gasteiger partial charge in [-0.05, 0) is 18.8 Å². The van der Waals surface area contributed by atoms with E-state index >= 15 is 0 Å². The summed E-state index contributed by atoms with van der Waals surface area (Å²) in [7, 11) is 0. The van der Waals surface area contributed by atoms with Gasteiger partial charge in [-0.1, -0.05) is 29.3 Å². The number of unbranched alkanes of at least 4 members (excludes halogenated alkanes) is 1. The highest BCUT2D eigenvalue weighted by Gasteiger charge is 2.00. The fourth-order valence-corrected chi connectivity index (χ4v) is 1.17. The number of hydrogen-bond donors (Lipinski definition) is 1. The van der Waals surface area contributed by atoms with Gasteiger partial charge in [-0.25, -0.2) is 0 Å². The highest BCUT2D eigenvalue weighted by Crippen LogP contribution is 2.11. The second-order valence-corrected chi connectivity index (χ2v) is 3.55. The molecular weight excluding hydrogens is 208 g/mol. The summed E-state index contributed by atoms with van der Waals surface area (Å²) in [5.74, 6) is -0.0136. The topological polar surface area (TPSA) is 37.3 Å². The van der Waals surface area contributed by atoms with Crippen LogP contribution in [0.4, 0.5) is 0 Å². The number of alkyl halides is 1. The lowest BCUT2D eigenvalue weighted by Gasteiger charge is -2.04. The first-order valence-electron chi connectivity index (χ1n) is 3.94. The number of hydrogen-bond acceptors (Lipinski definition) is 1. The molecule has 0 aromatic rings. The van der Waals surface area contributed by atoms with Gasteiger partial charge < -0.3 is 5.11 Å². The smallest absolute Gasteiger partial charge is 0.303 e. The summed E-state index contributed by atoms with van der Waals surface area (Å²) < 4.78 is 0. The molecule has 66 valence electrons. The highest BCUT2D eigenvalue weighted by molar-refractivity contribution is 9.09. The standard InChI is InChI=1S/C8H15BrO2/c1-7(6-9)4-2-3-5-8(10)11/h7H,2-6H2,1H3,(H,10,11). The van der Waals surface area contributed by atoms with E-state index in [0.717, 1.165) is 24.6 Å². The first-order chi connectivity index (χ1) is 5.16. The molecule has 0 fully saturated rings. The SMILES string of the molecule is CC(CBr)CCCCC(=O)O. The Morgan fingerprint density at radius 1 is 1.55 bits per heavy atom. The average Bonchev–Trinajstić information content (AvgIpc) is 1.97. The molecule has 1 atom stereocenters.